The molecule has 2 rings (SSSR count). The van der Waals surface area contributed by atoms with E-state index in [0.29, 0.717) is 0 Å². The van der Waals surface area contributed by atoms with Gasteiger partial charge in [0.1, 0.15) is 9.77 Å². The maximum Gasteiger partial charge on any atom is 0.341 e. The molecule has 0 aliphatic carbocycles. The summed E-state index contributed by atoms with van der Waals surface area (Å²) in [6.45, 7) is 0. The summed E-state index contributed by atoms with van der Waals surface area (Å²) in [4.78, 5) is 11.4. The molecule has 0 fully saturated rings. The predicted molar refractivity (Wildman–Crippen MR) is 74.6 cm³/mol. The van der Waals surface area contributed by atoms with Gasteiger partial charge in [0, 0.05) is 0 Å². The van der Waals surface area contributed by atoms with Crippen molar-refractivity contribution in [1.29, 1.82) is 0 Å². The van der Waals surface area contributed by atoms with Crippen LogP contribution in [0.25, 0.3) is 0 Å². The highest BCUT2D eigenvalue weighted by Crippen LogP contribution is 2.30. The largest absolute Gasteiger partial charge is 0.505 e. The summed E-state index contributed by atoms with van der Waals surface area (Å²) in [6.07, 6.45) is 0. The number of benzene rings is 1. The molecular weight excluding hydrogens is 302 g/mol. The zero-order valence-corrected chi connectivity index (χ0v) is 12.0. The number of esters is 1. The van der Waals surface area contributed by atoms with Gasteiger partial charge in [0.2, 0.25) is 0 Å². The second kappa shape index (κ2) is 5.51. The van der Waals surface area contributed by atoms with E-state index in [4.69, 9.17) is 0 Å². The van der Waals surface area contributed by atoms with Gasteiger partial charge in [-0.2, -0.15) is 0 Å². The lowest BCUT2D eigenvalue weighted by Gasteiger charge is -2.10. The van der Waals surface area contributed by atoms with Crippen molar-refractivity contribution in [1.82, 2.24) is 0 Å². The molecule has 0 amide bonds. The Morgan fingerprint density at radius 1 is 1.30 bits per heavy atom. The van der Waals surface area contributed by atoms with Crippen LogP contribution in [0.4, 0.5) is 5.69 Å². The van der Waals surface area contributed by atoms with Crippen molar-refractivity contribution in [3.63, 3.8) is 0 Å². The van der Waals surface area contributed by atoms with Crippen molar-refractivity contribution in [2.75, 3.05) is 11.8 Å². The van der Waals surface area contributed by atoms with Gasteiger partial charge in [-0.1, -0.05) is 12.1 Å². The van der Waals surface area contributed by atoms with Gasteiger partial charge in [-0.3, -0.25) is 4.72 Å². The summed E-state index contributed by atoms with van der Waals surface area (Å²) >= 11 is 1.05. The summed E-state index contributed by atoms with van der Waals surface area (Å²) in [7, 11) is -2.61. The molecule has 0 spiro atoms. The molecular formula is C12H11NO5S2. The Balaban J connectivity index is 2.38. The summed E-state index contributed by atoms with van der Waals surface area (Å²) in [6, 6.07) is 7.17. The molecule has 1 aromatic carbocycles. The molecule has 0 aliphatic heterocycles. The molecule has 2 N–H and O–H groups in total. The van der Waals surface area contributed by atoms with Crippen molar-refractivity contribution in [3.8, 4) is 5.75 Å². The van der Waals surface area contributed by atoms with Crippen molar-refractivity contribution < 1.29 is 23.1 Å². The van der Waals surface area contributed by atoms with Gasteiger partial charge >= 0.3 is 5.97 Å². The smallest absolute Gasteiger partial charge is 0.341 e. The fourth-order valence-corrected chi connectivity index (χ4v) is 3.57. The number of thiophene rings is 1. The van der Waals surface area contributed by atoms with Gasteiger partial charge < -0.3 is 9.84 Å². The van der Waals surface area contributed by atoms with Crippen LogP contribution in [0, 0.1) is 0 Å². The van der Waals surface area contributed by atoms with Gasteiger partial charge in [-0.25, -0.2) is 13.2 Å². The van der Waals surface area contributed by atoms with E-state index in [-0.39, 0.29) is 15.5 Å². The molecule has 0 radical (unpaired) electrons. The Morgan fingerprint density at radius 2 is 2.05 bits per heavy atom. The van der Waals surface area contributed by atoms with Crippen LogP contribution in [0.5, 0.6) is 5.75 Å². The third-order valence-corrected chi connectivity index (χ3v) is 5.21. The molecule has 0 saturated heterocycles. The Bertz CT molecular complexity index is 722. The first kappa shape index (κ1) is 14.4. The molecule has 0 saturated carbocycles. The Labute approximate surface area is 119 Å². The maximum absolute atomic E-state index is 12.0. The highest BCUT2D eigenvalue weighted by atomic mass is 32.2. The van der Waals surface area contributed by atoms with E-state index >= 15 is 0 Å². The number of carbonyl (C=O) groups is 1. The minimum absolute atomic E-state index is 0.0821. The molecule has 20 heavy (non-hydrogen) atoms. The van der Waals surface area contributed by atoms with Crippen molar-refractivity contribution in [3.05, 3.63) is 41.3 Å². The van der Waals surface area contributed by atoms with Crippen LogP contribution in [0.1, 0.15) is 10.4 Å². The number of carbonyl (C=O) groups excluding carboxylic acids is 1. The van der Waals surface area contributed by atoms with Crippen molar-refractivity contribution >= 4 is 33.0 Å². The third-order valence-electron chi connectivity index (χ3n) is 2.45. The summed E-state index contributed by atoms with van der Waals surface area (Å²) in [5, 5.41) is 11.6. The average Bonchev–Trinajstić information content (AvgIpc) is 2.95. The van der Waals surface area contributed by atoms with Crippen molar-refractivity contribution in [2.24, 2.45) is 0 Å². The molecule has 1 aromatic heterocycles. The van der Waals surface area contributed by atoms with Crippen LogP contribution in [-0.2, 0) is 14.8 Å². The molecule has 0 unspecified atom stereocenters. The minimum Gasteiger partial charge on any atom is -0.505 e. The van der Waals surface area contributed by atoms with Gasteiger partial charge in [-0.15, -0.1) is 11.3 Å². The normalized spacial score (nSPS) is 11.1. The average molecular weight is 313 g/mol. The number of phenols is 1. The van der Waals surface area contributed by atoms with Gasteiger partial charge in [0.05, 0.1) is 12.8 Å². The van der Waals surface area contributed by atoms with Crippen LogP contribution in [0.2, 0.25) is 0 Å². The highest BCUT2D eigenvalue weighted by Gasteiger charge is 2.20. The monoisotopic (exact) mass is 313 g/mol. The zero-order chi connectivity index (χ0) is 14.8. The third kappa shape index (κ3) is 2.75. The number of phenolic OH excluding ortho intramolecular Hbond substituents is 1. The SMILES string of the molecule is COC(=O)c1cccc(NS(=O)(=O)c2cccs2)c1O. The molecule has 2 aromatic rings. The fraction of sp³-hybridized carbons (Fsp3) is 0.0833. The number of aromatic hydroxyl groups is 1. The number of anilines is 1. The van der Waals surface area contributed by atoms with E-state index in [1.807, 2.05) is 0 Å². The lowest BCUT2D eigenvalue weighted by atomic mass is 10.2. The Morgan fingerprint density at radius 3 is 2.65 bits per heavy atom. The number of nitrogens with one attached hydrogen (secondary N) is 1. The van der Waals surface area contributed by atoms with Crippen LogP contribution >= 0.6 is 11.3 Å². The fourth-order valence-electron chi connectivity index (χ4n) is 1.51. The summed E-state index contributed by atoms with van der Waals surface area (Å²) in [5.74, 6) is -1.22. The second-order valence-corrected chi connectivity index (χ2v) is 6.59. The molecule has 0 bridgehead atoms. The second-order valence-electron chi connectivity index (χ2n) is 3.73. The van der Waals surface area contributed by atoms with Crippen LogP contribution in [0.3, 0.4) is 0 Å². The number of sulfonamides is 1. The number of ether oxygens (including phenoxy) is 1. The molecule has 0 aliphatic rings. The molecule has 6 nitrogen and oxygen atoms in total. The Hall–Kier alpha value is -2.06. The van der Waals surface area contributed by atoms with E-state index in [2.05, 4.69) is 9.46 Å². The first-order valence-electron chi connectivity index (χ1n) is 5.42. The first-order valence-corrected chi connectivity index (χ1v) is 7.78. The van der Waals surface area contributed by atoms with E-state index in [9.17, 15) is 18.3 Å². The number of methoxy groups -OCH3 is 1. The number of para-hydroxylation sites is 1. The van der Waals surface area contributed by atoms with Gasteiger partial charge in [0.15, 0.2) is 5.75 Å². The van der Waals surface area contributed by atoms with E-state index in [0.717, 1.165) is 11.3 Å². The molecule has 8 heteroatoms. The predicted octanol–water partition coefficient (Wildman–Crippen LogP) is 2.04. The number of rotatable bonds is 4. The number of hydrogen-bond acceptors (Lipinski definition) is 6. The Kier molecular flexibility index (Phi) is 3.96. The molecule has 0 atom stereocenters. The quantitative estimate of drug-likeness (QED) is 0.665. The van der Waals surface area contributed by atoms with Crippen LogP contribution in [0.15, 0.2) is 39.9 Å². The standard InChI is InChI=1S/C12H11NO5S2/c1-18-12(15)8-4-2-5-9(11(8)14)13-20(16,17)10-6-3-7-19-10/h2-7,13-14H,1H3. The lowest BCUT2D eigenvalue weighted by molar-refractivity contribution is 0.0597. The highest BCUT2D eigenvalue weighted by molar-refractivity contribution is 7.94. The lowest BCUT2D eigenvalue weighted by Crippen LogP contribution is -2.12. The van der Waals surface area contributed by atoms with E-state index in [1.54, 1.807) is 11.4 Å². The molecule has 1 heterocycles. The number of hydrogen-bond donors (Lipinski definition) is 2. The van der Waals surface area contributed by atoms with Gasteiger partial charge in [-0.05, 0) is 23.6 Å². The zero-order valence-electron chi connectivity index (χ0n) is 10.4. The van der Waals surface area contributed by atoms with Gasteiger partial charge in [0.25, 0.3) is 10.0 Å². The van der Waals surface area contributed by atoms with Crippen molar-refractivity contribution in [2.45, 2.75) is 4.21 Å². The minimum atomic E-state index is -3.79. The summed E-state index contributed by atoms with van der Waals surface area (Å²) < 4.78 is 30.9. The summed E-state index contributed by atoms with van der Waals surface area (Å²) in [5.41, 5.74) is -0.194. The van der Waals surface area contributed by atoms with E-state index in [1.165, 1.54) is 31.4 Å². The maximum atomic E-state index is 12.0. The molecule has 106 valence electrons. The first-order chi connectivity index (χ1) is 9.45. The van der Waals surface area contributed by atoms with Crippen LogP contribution < -0.4 is 4.72 Å². The topological polar surface area (TPSA) is 92.7 Å². The van der Waals surface area contributed by atoms with E-state index < -0.39 is 21.7 Å². The van der Waals surface area contributed by atoms with Crippen LogP contribution in [-0.4, -0.2) is 26.6 Å².